The molecule has 1 heterocycles. The van der Waals surface area contributed by atoms with E-state index in [1.807, 2.05) is 66.7 Å². The molecule has 0 saturated heterocycles. The molecule has 0 unspecified atom stereocenters. The average Bonchev–Trinajstić information content (AvgIpc) is 2.86. The lowest BCUT2D eigenvalue weighted by Gasteiger charge is -2.10. The number of benzene rings is 3. The van der Waals surface area contributed by atoms with E-state index in [0.29, 0.717) is 5.56 Å². The molecule has 4 rings (SSSR count). The van der Waals surface area contributed by atoms with Crippen LogP contribution in [0.2, 0.25) is 0 Å². The molecule has 1 atom stereocenters. The summed E-state index contributed by atoms with van der Waals surface area (Å²) < 4.78 is 5.59. The van der Waals surface area contributed by atoms with Crippen LogP contribution in [-0.2, 0) is 4.74 Å². The summed E-state index contributed by atoms with van der Waals surface area (Å²) in [6.45, 7) is 0. The molecule has 0 bridgehead atoms. The lowest BCUT2D eigenvalue weighted by molar-refractivity contribution is 0.0457. The zero-order chi connectivity index (χ0) is 13.5. The summed E-state index contributed by atoms with van der Waals surface area (Å²) >= 11 is 0. The molecular weight excluding hydrogens is 248 g/mol. The van der Waals surface area contributed by atoms with Crippen molar-refractivity contribution in [2.45, 2.75) is 6.10 Å². The number of hydrogen-bond donors (Lipinski definition) is 0. The number of rotatable bonds is 1. The van der Waals surface area contributed by atoms with Crippen LogP contribution >= 0.6 is 0 Å². The van der Waals surface area contributed by atoms with Crippen LogP contribution in [0.1, 0.15) is 27.6 Å². The van der Waals surface area contributed by atoms with E-state index in [-0.39, 0.29) is 12.1 Å². The zero-order valence-corrected chi connectivity index (χ0v) is 10.7. The molecule has 1 aliphatic heterocycles. The minimum absolute atomic E-state index is 0.231. The number of esters is 1. The van der Waals surface area contributed by atoms with E-state index in [1.165, 1.54) is 0 Å². The van der Waals surface area contributed by atoms with E-state index in [2.05, 4.69) is 0 Å². The molecule has 96 valence electrons. The quantitative estimate of drug-likeness (QED) is 0.616. The second-order valence-corrected chi connectivity index (χ2v) is 4.95. The van der Waals surface area contributed by atoms with Gasteiger partial charge in [-0.2, -0.15) is 0 Å². The molecule has 0 spiro atoms. The summed E-state index contributed by atoms with van der Waals surface area (Å²) in [4.78, 5) is 12.2. The minimum atomic E-state index is -0.289. The highest BCUT2D eigenvalue weighted by Crippen LogP contribution is 2.39. The minimum Gasteiger partial charge on any atom is -0.449 e. The number of carbonyl (C=O) groups excluding carboxylic acids is 1. The number of cyclic esters (lactones) is 1. The Morgan fingerprint density at radius 3 is 2.40 bits per heavy atom. The van der Waals surface area contributed by atoms with Crippen LogP contribution in [0.4, 0.5) is 0 Å². The number of fused-ring (bicyclic) bond motifs is 3. The van der Waals surface area contributed by atoms with Crippen molar-refractivity contribution in [3.05, 3.63) is 83.4 Å². The maximum absolute atomic E-state index is 12.2. The molecule has 0 aliphatic carbocycles. The van der Waals surface area contributed by atoms with Crippen molar-refractivity contribution in [3.63, 3.8) is 0 Å². The van der Waals surface area contributed by atoms with E-state index >= 15 is 0 Å². The summed E-state index contributed by atoms with van der Waals surface area (Å²) in [7, 11) is 0. The fraction of sp³-hybridized carbons (Fsp3) is 0.0556. The van der Waals surface area contributed by atoms with Gasteiger partial charge in [-0.3, -0.25) is 0 Å². The molecule has 20 heavy (non-hydrogen) atoms. The molecular formula is C18H12O2. The standard InChI is InChI=1S/C18H12O2/c19-18-16-14-9-5-4-6-12(14)10-11-15(16)17(20-18)13-7-2-1-3-8-13/h1-11,17H/t17-/m0/s1. The molecule has 2 nitrogen and oxygen atoms in total. The van der Waals surface area contributed by atoms with Gasteiger partial charge in [-0.1, -0.05) is 66.7 Å². The maximum atomic E-state index is 12.2. The second-order valence-electron chi connectivity index (χ2n) is 4.95. The molecule has 0 fully saturated rings. The molecule has 0 saturated carbocycles. The van der Waals surface area contributed by atoms with Gasteiger partial charge in [-0.25, -0.2) is 4.79 Å². The monoisotopic (exact) mass is 260 g/mol. The van der Waals surface area contributed by atoms with Gasteiger partial charge in [0.05, 0.1) is 5.56 Å². The predicted octanol–water partition coefficient (Wildman–Crippen LogP) is 4.10. The maximum Gasteiger partial charge on any atom is 0.340 e. The van der Waals surface area contributed by atoms with E-state index in [0.717, 1.165) is 21.9 Å². The lowest BCUT2D eigenvalue weighted by atomic mass is 9.95. The van der Waals surface area contributed by atoms with Gasteiger partial charge >= 0.3 is 5.97 Å². The highest BCUT2D eigenvalue weighted by Gasteiger charge is 2.33. The molecule has 2 heteroatoms. The van der Waals surface area contributed by atoms with Gasteiger partial charge in [0.2, 0.25) is 0 Å². The predicted molar refractivity (Wildman–Crippen MR) is 77.6 cm³/mol. The first kappa shape index (κ1) is 11.2. The summed E-state index contributed by atoms with van der Waals surface area (Å²) in [6.07, 6.45) is -0.289. The van der Waals surface area contributed by atoms with Gasteiger partial charge in [0.1, 0.15) is 0 Å². The molecule has 1 aliphatic rings. The van der Waals surface area contributed by atoms with Gasteiger partial charge in [-0.05, 0) is 16.3 Å². The van der Waals surface area contributed by atoms with E-state index in [4.69, 9.17) is 4.74 Å². The van der Waals surface area contributed by atoms with E-state index in [9.17, 15) is 4.79 Å². The Balaban J connectivity index is 1.96. The molecule has 0 N–H and O–H groups in total. The van der Waals surface area contributed by atoms with Crippen molar-refractivity contribution in [1.82, 2.24) is 0 Å². The average molecular weight is 260 g/mol. The van der Waals surface area contributed by atoms with Crippen molar-refractivity contribution < 1.29 is 9.53 Å². The Morgan fingerprint density at radius 2 is 1.55 bits per heavy atom. The van der Waals surface area contributed by atoms with Crippen molar-refractivity contribution in [1.29, 1.82) is 0 Å². The fourth-order valence-electron chi connectivity index (χ4n) is 2.84. The summed E-state index contributed by atoms with van der Waals surface area (Å²) in [6, 6.07) is 21.8. The van der Waals surface area contributed by atoms with E-state index in [1.54, 1.807) is 0 Å². The highest BCUT2D eigenvalue weighted by atomic mass is 16.5. The number of ether oxygens (including phenoxy) is 1. The Bertz CT molecular complexity index is 806. The Hall–Kier alpha value is -2.61. The van der Waals surface area contributed by atoms with Crippen molar-refractivity contribution in [2.75, 3.05) is 0 Å². The zero-order valence-electron chi connectivity index (χ0n) is 10.7. The van der Waals surface area contributed by atoms with E-state index < -0.39 is 0 Å². The van der Waals surface area contributed by atoms with Crippen LogP contribution in [0.3, 0.4) is 0 Å². The van der Waals surface area contributed by atoms with Crippen LogP contribution in [0.25, 0.3) is 10.8 Å². The van der Waals surface area contributed by atoms with Gasteiger partial charge in [0.15, 0.2) is 6.10 Å². The van der Waals surface area contributed by atoms with Gasteiger partial charge in [0.25, 0.3) is 0 Å². The van der Waals surface area contributed by atoms with Crippen molar-refractivity contribution >= 4 is 16.7 Å². The third-order valence-corrected chi connectivity index (χ3v) is 3.78. The largest absolute Gasteiger partial charge is 0.449 e. The normalized spacial score (nSPS) is 17.0. The number of hydrogen-bond acceptors (Lipinski definition) is 2. The smallest absolute Gasteiger partial charge is 0.340 e. The first-order valence-electron chi connectivity index (χ1n) is 6.62. The molecule has 3 aromatic rings. The van der Waals surface area contributed by atoms with Crippen LogP contribution in [-0.4, -0.2) is 5.97 Å². The third kappa shape index (κ3) is 1.55. The SMILES string of the molecule is O=C1O[C@@H](c2ccccc2)c2ccc3ccccc3c21. The van der Waals surface area contributed by atoms with Gasteiger partial charge < -0.3 is 4.74 Å². The number of carbonyl (C=O) groups is 1. The molecule has 0 aromatic heterocycles. The first-order valence-corrected chi connectivity index (χ1v) is 6.62. The molecule has 0 radical (unpaired) electrons. The lowest BCUT2D eigenvalue weighted by Crippen LogP contribution is -2.00. The Morgan fingerprint density at radius 1 is 0.800 bits per heavy atom. The Kier molecular flexibility index (Phi) is 2.36. The topological polar surface area (TPSA) is 26.3 Å². The summed E-state index contributed by atoms with van der Waals surface area (Å²) in [5.74, 6) is -0.231. The fourth-order valence-corrected chi connectivity index (χ4v) is 2.84. The van der Waals surface area contributed by atoms with Crippen LogP contribution in [0.5, 0.6) is 0 Å². The van der Waals surface area contributed by atoms with Crippen molar-refractivity contribution in [2.24, 2.45) is 0 Å². The molecule has 3 aromatic carbocycles. The van der Waals surface area contributed by atoms with Crippen LogP contribution < -0.4 is 0 Å². The van der Waals surface area contributed by atoms with Gasteiger partial charge in [0, 0.05) is 5.56 Å². The first-order chi connectivity index (χ1) is 9.84. The van der Waals surface area contributed by atoms with Crippen LogP contribution in [0, 0.1) is 0 Å². The Labute approximate surface area is 116 Å². The molecule has 0 amide bonds. The van der Waals surface area contributed by atoms with Crippen molar-refractivity contribution in [3.8, 4) is 0 Å². The third-order valence-electron chi connectivity index (χ3n) is 3.78. The highest BCUT2D eigenvalue weighted by molar-refractivity contribution is 6.08. The summed E-state index contributed by atoms with van der Waals surface area (Å²) in [5, 5.41) is 2.03. The van der Waals surface area contributed by atoms with Gasteiger partial charge in [-0.15, -0.1) is 0 Å². The summed E-state index contributed by atoms with van der Waals surface area (Å²) in [5.41, 5.74) is 2.67. The second kappa shape index (κ2) is 4.20. The van der Waals surface area contributed by atoms with Crippen LogP contribution in [0.15, 0.2) is 66.7 Å².